The monoisotopic (exact) mass is 238 g/mol. The number of aliphatic hydroxyl groups is 1. The Morgan fingerprint density at radius 2 is 1.76 bits per heavy atom. The molecule has 0 aliphatic carbocycles. The number of allylic oxidation sites excluding steroid dienone is 2. The molecule has 0 aromatic rings. The smallest absolute Gasteiger partial charge is 0.160 e. The number of Topliss-reactive ketones (excluding diaryl/α,β-unsaturated/α-hetero) is 1. The maximum atomic E-state index is 11.3. The van der Waals surface area contributed by atoms with Crippen LogP contribution in [0.2, 0.25) is 0 Å². The highest BCUT2D eigenvalue weighted by Gasteiger charge is 2.16. The lowest BCUT2D eigenvalue weighted by molar-refractivity contribution is -0.127. The normalized spacial score (nSPS) is 14.1. The van der Waals surface area contributed by atoms with E-state index in [0.717, 1.165) is 24.8 Å². The van der Waals surface area contributed by atoms with Crippen LogP contribution in [0.15, 0.2) is 24.3 Å². The minimum atomic E-state index is -0.799. The van der Waals surface area contributed by atoms with Crippen LogP contribution in [-0.2, 0) is 4.79 Å². The SMILES string of the molecule is C=C(C)CC[C@@H](CC[C@H](O)C(=O)CC)C(=C)C. The van der Waals surface area contributed by atoms with Crippen molar-refractivity contribution in [2.24, 2.45) is 5.92 Å². The maximum Gasteiger partial charge on any atom is 0.160 e. The molecule has 2 heteroatoms. The fourth-order valence-electron chi connectivity index (χ4n) is 1.81. The van der Waals surface area contributed by atoms with Crippen molar-refractivity contribution in [3.8, 4) is 0 Å². The van der Waals surface area contributed by atoms with Crippen LogP contribution in [0.3, 0.4) is 0 Å². The van der Waals surface area contributed by atoms with Crippen LogP contribution in [0.1, 0.15) is 52.9 Å². The van der Waals surface area contributed by atoms with Crippen molar-refractivity contribution >= 4 is 5.78 Å². The quantitative estimate of drug-likeness (QED) is 0.622. The van der Waals surface area contributed by atoms with Crippen molar-refractivity contribution in [1.82, 2.24) is 0 Å². The van der Waals surface area contributed by atoms with Crippen LogP contribution >= 0.6 is 0 Å². The molecule has 0 heterocycles. The Morgan fingerprint density at radius 1 is 1.18 bits per heavy atom. The van der Waals surface area contributed by atoms with Crippen LogP contribution in [0.25, 0.3) is 0 Å². The average Bonchev–Trinajstić information content (AvgIpc) is 2.26. The molecule has 0 unspecified atom stereocenters. The molecule has 0 aromatic carbocycles. The molecule has 0 amide bonds. The van der Waals surface area contributed by atoms with E-state index >= 15 is 0 Å². The second-order valence-electron chi connectivity index (χ2n) is 4.95. The van der Waals surface area contributed by atoms with Crippen LogP contribution in [0, 0.1) is 5.92 Å². The van der Waals surface area contributed by atoms with Gasteiger partial charge in [-0.2, -0.15) is 0 Å². The van der Waals surface area contributed by atoms with Gasteiger partial charge in [-0.1, -0.05) is 24.6 Å². The highest BCUT2D eigenvalue weighted by Crippen LogP contribution is 2.23. The van der Waals surface area contributed by atoms with Crippen molar-refractivity contribution in [2.45, 2.75) is 59.0 Å². The van der Waals surface area contributed by atoms with Gasteiger partial charge in [0.2, 0.25) is 0 Å². The first-order valence-corrected chi connectivity index (χ1v) is 6.39. The average molecular weight is 238 g/mol. The predicted molar refractivity (Wildman–Crippen MR) is 72.9 cm³/mol. The topological polar surface area (TPSA) is 37.3 Å². The summed E-state index contributed by atoms with van der Waals surface area (Å²) in [5, 5.41) is 9.63. The van der Waals surface area contributed by atoms with Gasteiger partial charge in [0.25, 0.3) is 0 Å². The molecule has 0 spiro atoms. The lowest BCUT2D eigenvalue weighted by atomic mass is 9.88. The molecule has 0 aliphatic heterocycles. The van der Waals surface area contributed by atoms with Gasteiger partial charge in [0.15, 0.2) is 5.78 Å². The first-order valence-electron chi connectivity index (χ1n) is 6.39. The minimum absolute atomic E-state index is 0.0645. The summed E-state index contributed by atoms with van der Waals surface area (Å²) in [5.41, 5.74) is 2.30. The molecule has 0 radical (unpaired) electrons. The number of carbonyl (C=O) groups is 1. The molecule has 0 saturated carbocycles. The van der Waals surface area contributed by atoms with Gasteiger partial charge < -0.3 is 5.11 Å². The first-order chi connectivity index (χ1) is 7.88. The van der Waals surface area contributed by atoms with E-state index in [-0.39, 0.29) is 5.78 Å². The molecule has 98 valence electrons. The van der Waals surface area contributed by atoms with Crippen molar-refractivity contribution in [1.29, 1.82) is 0 Å². The largest absolute Gasteiger partial charge is 0.385 e. The zero-order valence-electron chi connectivity index (χ0n) is 11.5. The van der Waals surface area contributed by atoms with Crippen molar-refractivity contribution in [3.63, 3.8) is 0 Å². The van der Waals surface area contributed by atoms with Crippen LogP contribution < -0.4 is 0 Å². The lowest BCUT2D eigenvalue weighted by Gasteiger charge is -2.18. The summed E-state index contributed by atoms with van der Waals surface area (Å²) < 4.78 is 0. The van der Waals surface area contributed by atoms with E-state index in [1.807, 2.05) is 13.8 Å². The minimum Gasteiger partial charge on any atom is -0.385 e. The third-order valence-electron chi connectivity index (χ3n) is 3.13. The standard InChI is InChI=1S/C15H26O2/c1-6-14(16)15(17)10-9-13(12(4)5)8-7-11(2)3/h13,15,17H,2,4,6-10H2,1,3,5H3/t13-,15-/m0/s1. The number of carbonyl (C=O) groups excluding carboxylic acids is 1. The number of hydrogen-bond acceptors (Lipinski definition) is 2. The van der Waals surface area contributed by atoms with Gasteiger partial charge in [0.05, 0.1) is 0 Å². The molecule has 2 atom stereocenters. The molecule has 2 nitrogen and oxygen atoms in total. The van der Waals surface area contributed by atoms with Crippen LogP contribution in [0.5, 0.6) is 0 Å². The van der Waals surface area contributed by atoms with Gasteiger partial charge >= 0.3 is 0 Å². The molecule has 0 fully saturated rings. The Labute approximate surface area is 105 Å². The summed E-state index contributed by atoms with van der Waals surface area (Å²) in [5.74, 6) is 0.316. The fourth-order valence-corrected chi connectivity index (χ4v) is 1.81. The third kappa shape index (κ3) is 7.11. The molecule has 0 aliphatic rings. The summed E-state index contributed by atoms with van der Waals surface area (Å²) >= 11 is 0. The van der Waals surface area contributed by atoms with Gasteiger partial charge in [0.1, 0.15) is 6.10 Å². The molecule has 17 heavy (non-hydrogen) atoms. The summed E-state index contributed by atoms with van der Waals surface area (Å²) in [6.45, 7) is 13.7. The van der Waals surface area contributed by atoms with Crippen molar-refractivity contribution < 1.29 is 9.90 Å². The lowest BCUT2D eigenvalue weighted by Crippen LogP contribution is -2.20. The van der Waals surface area contributed by atoms with Gasteiger partial charge in [-0.15, -0.1) is 6.58 Å². The second-order valence-corrected chi connectivity index (χ2v) is 4.95. The van der Waals surface area contributed by atoms with Crippen molar-refractivity contribution in [3.05, 3.63) is 24.3 Å². The van der Waals surface area contributed by atoms with Crippen LogP contribution in [-0.4, -0.2) is 17.0 Å². The van der Waals surface area contributed by atoms with E-state index in [1.165, 1.54) is 5.57 Å². The Bertz CT molecular complexity index is 279. The highest BCUT2D eigenvalue weighted by molar-refractivity contribution is 5.82. The van der Waals surface area contributed by atoms with E-state index in [1.54, 1.807) is 6.92 Å². The van der Waals surface area contributed by atoms with Crippen LogP contribution in [0.4, 0.5) is 0 Å². The van der Waals surface area contributed by atoms with E-state index < -0.39 is 6.10 Å². The first kappa shape index (κ1) is 16.1. The molecular formula is C15H26O2. The molecule has 0 rings (SSSR count). The van der Waals surface area contributed by atoms with Gasteiger partial charge in [-0.3, -0.25) is 4.79 Å². The fraction of sp³-hybridized carbons (Fsp3) is 0.667. The molecular weight excluding hydrogens is 212 g/mol. The zero-order chi connectivity index (χ0) is 13.4. The van der Waals surface area contributed by atoms with E-state index in [0.29, 0.717) is 18.8 Å². The Morgan fingerprint density at radius 3 is 2.18 bits per heavy atom. The van der Waals surface area contributed by atoms with Gasteiger partial charge in [-0.05, 0) is 45.4 Å². The Hall–Kier alpha value is -0.890. The van der Waals surface area contributed by atoms with E-state index in [9.17, 15) is 9.90 Å². The number of hydrogen-bond donors (Lipinski definition) is 1. The number of ketones is 1. The third-order valence-corrected chi connectivity index (χ3v) is 3.13. The molecule has 1 N–H and O–H groups in total. The summed E-state index contributed by atoms with van der Waals surface area (Å²) in [6, 6.07) is 0. The number of aliphatic hydroxyl groups excluding tert-OH is 1. The Balaban J connectivity index is 4.13. The molecule has 0 saturated heterocycles. The van der Waals surface area contributed by atoms with E-state index in [2.05, 4.69) is 13.2 Å². The summed E-state index contributed by atoms with van der Waals surface area (Å²) in [6.07, 6.45) is 2.97. The summed E-state index contributed by atoms with van der Waals surface area (Å²) in [7, 11) is 0. The molecule has 0 aromatic heterocycles. The van der Waals surface area contributed by atoms with Crippen molar-refractivity contribution in [2.75, 3.05) is 0 Å². The highest BCUT2D eigenvalue weighted by atomic mass is 16.3. The zero-order valence-corrected chi connectivity index (χ0v) is 11.5. The molecule has 0 bridgehead atoms. The Kier molecular flexibility index (Phi) is 7.81. The number of rotatable bonds is 9. The maximum absolute atomic E-state index is 11.3. The van der Waals surface area contributed by atoms with E-state index in [4.69, 9.17) is 0 Å². The van der Waals surface area contributed by atoms with Gasteiger partial charge in [0, 0.05) is 6.42 Å². The van der Waals surface area contributed by atoms with Gasteiger partial charge in [-0.25, -0.2) is 0 Å². The summed E-state index contributed by atoms with van der Waals surface area (Å²) in [4.78, 5) is 11.3. The predicted octanol–water partition coefficient (Wildman–Crippen LogP) is 3.66. The second kappa shape index (κ2) is 8.24.